The van der Waals surface area contributed by atoms with Crippen molar-refractivity contribution < 1.29 is 0 Å². The molecule has 2 heterocycles. The van der Waals surface area contributed by atoms with Gasteiger partial charge >= 0.3 is 0 Å². The number of anilines is 1. The zero-order valence-corrected chi connectivity index (χ0v) is 13.5. The van der Waals surface area contributed by atoms with E-state index in [1.165, 1.54) is 19.3 Å². The van der Waals surface area contributed by atoms with Crippen molar-refractivity contribution in [2.45, 2.75) is 59.0 Å². The Morgan fingerprint density at radius 2 is 2.05 bits per heavy atom. The summed E-state index contributed by atoms with van der Waals surface area (Å²) in [5.41, 5.74) is 2.10. The topological polar surface area (TPSA) is 42.7 Å². The standard InChI is InChI=1S/C17H26N4/c1-11(2)21-17-14(9-19-21)8-15(10-18-17)20-16-6-5-12(3)7-13(16)4/h8-13,16,20H,5-7H2,1-4H3. The third-order valence-corrected chi connectivity index (χ3v) is 4.71. The van der Waals surface area contributed by atoms with Gasteiger partial charge in [-0.05, 0) is 51.0 Å². The zero-order chi connectivity index (χ0) is 15.0. The van der Waals surface area contributed by atoms with Crippen LogP contribution in [-0.4, -0.2) is 20.8 Å². The monoisotopic (exact) mass is 286 g/mol. The van der Waals surface area contributed by atoms with Gasteiger partial charge in [-0.1, -0.05) is 13.8 Å². The van der Waals surface area contributed by atoms with E-state index in [-0.39, 0.29) is 0 Å². The largest absolute Gasteiger partial charge is 0.381 e. The van der Waals surface area contributed by atoms with Gasteiger partial charge in [0.15, 0.2) is 5.65 Å². The van der Waals surface area contributed by atoms with Crippen molar-refractivity contribution in [3.63, 3.8) is 0 Å². The summed E-state index contributed by atoms with van der Waals surface area (Å²) in [4.78, 5) is 4.61. The molecule has 1 saturated carbocycles. The first-order chi connectivity index (χ1) is 10.0. The van der Waals surface area contributed by atoms with Gasteiger partial charge in [-0.3, -0.25) is 0 Å². The first-order valence-electron chi connectivity index (χ1n) is 8.14. The number of rotatable bonds is 3. The van der Waals surface area contributed by atoms with E-state index < -0.39 is 0 Å². The molecule has 0 radical (unpaired) electrons. The quantitative estimate of drug-likeness (QED) is 0.917. The summed E-state index contributed by atoms with van der Waals surface area (Å²) in [6.07, 6.45) is 7.76. The molecule has 21 heavy (non-hydrogen) atoms. The maximum absolute atomic E-state index is 4.61. The minimum Gasteiger partial charge on any atom is -0.381 e. The Morgan fingerprint density at radius 1 is 1.24 bits per heavy atom. The van der Waals surface area contributed by atoms with Crippen LogP contribution in [0.25, 0.3) is 11.0 Å². The number of nitrogens with one attached hydrogen (secondary N) is 1. The van der Waals surface area contributed by atoms with Gasteiger partial charge < -0.3 is 5.32 Å². The predicted molar refractivity (Wildman–Crippen MR) is 87.5 cm³/mol. The van der Waals surface area contributed by atoms with Crippen LogP contribution in [0.1, 0.15) is 53.0 Å². The van der Waals surface area contributed by atoms with Gasteiger partial charge in [0.05, 0.1) is 18.1 Å². The van der Waals surface area contributed by atoms with Crippen LogP contribution < -0.4 is 5.32 Å². The molecule has 3 atom stereocenters. The molecule has 0 aromatic carbocycles. The Kier molecular flexibility index (Phi) is 3.87. The minimum atomic E-state index is 0.341. The molecule has 4 heteroatoms. The lowest BCUT2D eigenvalue weighted by Crippen LogP contribution is -2.33. The molecule has 4 nitrogen and oxygen atoms in total. The van der Waals surface area contributed by atoms with Crippen LogP contribution in [0, 0.1) is 11.8 Å². The average molecular weight is 286 g/mol. The van der Waals surface area contributed by atoms with Crippen molar-refractivity contribution in [2.24, 2.45) is 11.8 Å². The van der Waals surface area contributed by atoms with E-state index in [1.54, 1.807) is 0 Å². The maximum Gasteiger partial charge on any atom is 0.158 e. The first-order valence-corrected chi connectivity index (χ1v) is 8.14. The van der Waals surface area contributed by atoms with Crippen LogP contribution in [0.2, 0.25) is 0 Å². The van der Waals surface area contributed by atoms with Crippen LogP contribution in [0.4, 0.5) is 5.69 Å². The maximum atomic E-state index is 4.61. The van der Waals surface area contributed by atoms with Crippen molar-refractivity contribution in [1.82, 2.24) is 14.8 Å². The highest BCUT2D eigenvalue weighted by atomic mass is 15.3. The zero-order valence-electron chi connectivity index (χ0n) is 13.5. The fraction of sp³-hybridized carbons (Fsp3) is 0.647. The Morgan fingerprint density at radius 3 is 2.76 bits per heavy atom. The Balaban J connectivity index is 1.79. The van der Waals surface area contributed by atoms with Gasteiger partial charge in [0.25, 0.3) is 0 Å². The second kappa shape index (κ2) is 5.66. The van der Waals surface area contributed by atoms with E-state index in [4.69, 9.17) is 0 Å². The lowest BCUT2D eigenvalue weighted by molar-refractivity contribution is 0.276. The Hall–Kier alpha value is -1.58. The molecule has 1 N–H and O–H groups in total. The van der Waals surface area contributed by atoms with Crippen LogP contribution in [0.15, 0.2) is 18.5 Å². The molecular formula is C17H26N4. The van der Waals surface area contributed by atoms with Crippen molar-refractivity contribution >= 4 is 16.7 Å². The summed E-state index contributed by atoms with van der Waals surface area (Å²) >= 11 is 0. The molecular weight excluding hydrogens is 260 g/mol. The van der Waals surface area contributed by atoms with Crippen LogP contribution in [0.5, 0.6) is 0 Å². The summed E-state index contributed by atoms with van der Waals surface area (Å²) in [5.74, 6) is 1.59. The van der Waals surface area contributed by atoms with Gasteiger partial charge in [-0.2, -0.15) is 5.10 Å². The third kappa shape index (κ3) is 2.89. The SMILES string of the molecule is CC1CCC(Nc2cnc3c(cnn3C(C)C)c2)C(C)C1. The van der Waals surface area contributed by atoms with Crippen molar-refractivity contribution in [1.29, 1.82) is 0 Å². The average Bonchev–Trinajstić information content (AvgIpc) is 2.85. The van der Waals surface area contributed by atoms with Crippen LogP contribution in [-0.2, 0) is 0 Å². The van der Waals surface area contributed by atoms with Crippen molar-refractivity contribution in [3.8, 4) is 0 Å². The normalized spacial score (nSPS) is 26.4. The third-order valence-electron chi connectivity index (χ3n) is 4.71. The molecule has 114 valence electrons. The van der Waals surface area contributed by atoms with E-state index in [2.05, 4.69) is 49.2 Å². The molecule has 2 aromatic heterocycles. The molecule has 3 rings (SSSR count). The molecule has 3 unspecified atom stereocenters. The summed E-state index contributed by atoms with van der Waals surface area (Å²) in [7, 11) is 0. The highest BCUT2D eigenvalue weighted by Crippen LogP contribution is 2.31. The number of fused-ring (bicyclic) bond motifs is 1. The van der Waals surface area contributed by atoms with Gasteiger partial charge in [0.1, 0.15) is 0 Å². The molecule has 0 saturated heterocycles. The minimum absolute atomic E-state index is 0.341. The second-order valence-electron chi connectivity index (χ2n) is 6.97. The Labute approximate surface area is 126 Å². The fourth-order valence-electron chi connectivity index (χ4n) is 3.49. The summed E-state index contributed by atoms with van der Waals surface area (Å²) < 4.78 is 1.98. The molecule has 0 bridgehead atoms. The number of nitrogens with zero attached hydrogens (tertiary/aromatic N) is 3. The van der Waals surface area contributed by atoms with E-state index in [0.717, 1.165) is 28.6 Å². The van der Waals surface area contributed by atoms with Crippen LogP contribution >= 0.6 is 0 Å². The van der Waals surface area contributed by atoms with Gasteiger partial charge in [-0.15, -0.1) is 0 Å². The molecule has 1 aliphatic carbocycles. The predicted octanol–water partition coefficient (Wildman–Crippen LogP) is 4.25. The number of hydrogen-bond donors (Lipinski definition) is 1. The van der Waals surface area contributed by atoms with Crippen molar-refractivity contribution in [2.75, 3.05) is 5.32 Å². The summed E-state index contributed by atoms with van der Waals surface area (Å²) in [6, 6.07) is 3.09. The van der Waals surface area contributed by atoms with Gasteiger partial charge in [-0.25, -0.2) is 9.67 Å². The molecule has 1 aliphatic rings. The highest BCUT2D eigenvalue weighted by Gasteiger charge is 2.25. The lowest BCUT2D eigenvalue weighted by Gasteiger charge is -2.33. The molecule has 0 aliphatic heterocycles. The Bertz CT molecular complexity index is 616. The molecule has 1 fully saturated rings. The number of aromatic nitrogens is 3. The van der Waals surface area contributed by atoms with Gasteiger partial charge in [0, 0.05) is 17.5 Å². The summed E-state index contributed by atoms with van der Waals surface area (Å²) in [5, 5.41) is 9.23. The smallest absolute Gasteiger partial charge is 0.158 e. The van der Waals surface area contributed by atoms with E-state index >= 15 is 0 Å². The van der Waals surface area contributed by atoms with Gasteiger partial charge in [0.2, 0.25) is 0 Å². The highest BCUT2D eigenvalue weighted by molar-refractivity contribution is 5.78. The fourth-order valence-corrected chi connectivity index (χ4v) is 3.49. The van der Waals surface area contributed by atoms with Crippen LogP contribution in [0.3, 0.4) is 0 Å². The van der Waals surface area contributed by atoms with E-state index in [9.17, 15) is 0 Å². The number of pyridine rings is 1. The summed E-state index contributed by atoms with van der Waals surface area (Å²) in [6.45, 7) is 8.98. The number of hydrogen-bond acceptors (Lipinski definition) is 3. The molecule has 2 aromatic rings. The van der Waals surface area contributed by atoms with E-state index in [1.807, 2.05) is 17.1 Å². The second-order valence-corrected chi connectivity index (χ2v) is 6.97. The lowest BCUT2D eigenvalue weighted by atomic mass is 9.80. The molecule has 0 spiro atoms. The van der Waals surface area contributed by atoms with Crippen molar-refractivity contribution in [3.05, 3.63) is 18.5 Å². The molecule has 0 amide bonds. The van der Waals surface area contributed by atoms with E-state index in [0.29, 0.717) is 12.1 Å². The first kappa shape index (κ1) is 14.4.